The van der Waals surface area contributed by atoms with Crippen LogP contribution in [-0.2, 0) is 4.79 Å². The standard InChI is InChI=1S/C17H18N2O3/c1-13-5-2-3-7-16(13)21-12-17(20)19-10-15(11-19)22-14-6-4-8-18-9-14/h2-9,15H,10-12H2,1H3. The lowest BCUT2D eigenvalue weighted by atomic mass is 10.1. The Hall–Kier alpha value is -2.56. The molecule has 1 saturated heterocycles. The van der Waals surface area contributed by atoms with E-state index in [2.05, 4.69) is 4.98 Å². The molecule has 114 valence electrons. The Morgan fingerprint density at radius 3 is 2.82 bits per heavy atom. The highest BCUT2D eigenvalue weighted by molar-refractivity contribution is 5.78. The summed E-state index contributed by atoms with van der Waals surface area (Å²) in [4.78, 5) is 17.8. The number of aryl methyl sites for hydroxylation is 1. The topological polar surface area (TPSA) is 51.7 Å². The highest BCUT2D eigenvalue weighted by Gasteiger charge is 2.32. The molecule has 2 heterocycles. The van der Waals surface area contributed by atoms with E-state index in [4.69, 9.17) is 9.47 Å². The molecule has 22 heavy (non-hydrogen) atoms. The Balaban J connectivity index is 1.43. The molecule has 0 saturated carbocycles. The number of aromatic nitrogens is 1. The summed E-state index contributed by atoms with van der Waals surface area (Å²) in [6.07, 6.45) is 3.41. The lowest BCUT2D eigenvalue weighted by Crippen LogP contribution is -2.57. The average Bonchev–Trinajstić information content (AvgIpc) is 2.50. The molecule has 0 spiro atoms. The summed E-state index contributed by atoms with van der Waals surface area (Å²) >= 11 is 0. The third-order valence-electron chi connectivity index (χ3n) is 3.58. The maximum Gasteiger partial charge on any atom is 0.260 e. The monoisotopic (exact) mass is 298 g/mol. The number of carbonyl (C=O) groups excluding carboxylic acids is 1. The Morgan fingerprint density at radius 2 is 2.09 bits per heavy atom. The fourth-order valence-electron chi connectivity index (χ4n) is 2.27. The highest BCUT2D eigenvalue weighted by Crippen LogP contribution is 2.19. The molecule has 1 aliphatic heterocycles. The van der Waals surface area contributed by atoms with Crippen LogP contribution >= 0.6 is 0 Å². The maximum absolute atomic E-state index is 12.0. The van der Waals surface area contributed by atoms with Gasteiger partial charge in [0.15, 0.2) is 6.61 Å². The Bertz CT molecular complexity index is 639. The van der Waals surface area contributed by atoms with Crippen LogP contribution in [0.15, 0.2) is 48.8 Å². The smallest absolute Gasteiger partial charge is 0.260 e. The van der Waals surface area contributed by atoms with E-state index in [0.717, 1.165) is 17.1 Å². The molecule has 0 atom stereocenters. The lowest BCUT2D eigenvalue weighted by molar-refractivity contribution is -0.142. The van der Waals surface area contributed by atoms with Gasteiger partial charge in [0.05, 0.1) is 19.3 Å². The van der Waals surface area contributed by atoms with Gasteiger partial charge in [0.1, 0.15) is 17.6 Å². The van der Waals surface area contributed by atoms with Gasteiger partial charge in [-0.25, -0.2) is 0 Å². The van der Waals surface area contributed by atoms with Crippen molar-refractivity contribution in [1.82, 2.24) is 9.88 Å². The van der Waals surface area contributed by atoms with Crippen molar-refractivity contribution in [3.63, 3.8) is 0 Å². The molecule has 5 nitrogen and oxygen atoms in total. The number of pyridine rings is 1. The van der Waals surface area contributed by atoms with E-state index >= 15 is 0 Å². The molecule has 0 radical (unpaired) electrons. The molecule has 0 bridgehead atoms. The summed E-state index contributed by atoms with van der Waals surface area (Å²) in [6.45, 7) is 3.20. The summed E-state index contributed by atoms with van der Waals surface area (Å²) in [7, 11) is 0. The zero-order valence-electron chi connectivity index (χ0n) is 12.4. The van der Waals surface area contributed by atoms with E-state index in [1.807, 2.05) is 43.3 Å². The minimum absolute atomic E-state index is 0.0192. The molecular formula is C17H18N2O3. The van der Waals surface area contributed by atoms with Gasteiger partial charge in [-0.2, -0.15) is 0 Å². The first-order valence-electron chi connectivity index (χ1n) is 7.25. The van der Waals surface area contributed by atoms with Crippen molar-refractivity contribution in [2.45, 2.75) is 13.0 Å². The Kier molecular flexibility index (Phi) is 4.23. The van der Waals surface area contributed by atoms with E-state index in [0.29, 0.717) is 13.1 Å². The van der Waals surface area contributed by atoms with Gasteiger partial charge < -0.3 is 14.4 Å². The number of carbonyl (C=O) groups is 1. The molecule has 1 fully saturated rings. The first-order valence-corrected chi connectivity index (χ1v) is 7.25. The third-order valence-corrected chi connectivity index (χ3v) is 3.58. The predicted molar refractivity (Wildman–Crippen MR) is 81.9 cm³/mol. The van der Waals surface area contributed by atoms with E-state index in [-0.39, 0.29) is 18.6 Å². The van der Waals surface area contributed by atoms with Crippen molar-refractivity contribution in [2.75, 3.05) is 19.7 Å². The molecule has 2 aromatic rings. The minimum atomic E-state index is -0.0192. The lowest BCUT2D eigenvalue weighted by Gasteiger charge is -2.38. The second-order valence-corrected chi connectivity index (χ2v) is 5.28. The molecule has 0 unspecified atom stereocenters. The molecule has 5 heteroatoms. The Morgan fingerprint density at radius 1 is 1.27 bits per heavy atom. The van der Waals surface area contributed by atoms with Gasteiger partial charge in [-0.15, -0.1) is 0 Å². The van der Waals surface area contributed by atoms with Crippen LogP contribution in [0.4, 0.5) is 0 Å². The number of ether oxygens (including phenoxy) is 2. The van der Waals surface area contributed by atoms with E-state index in [9.17, 15) is 4.79 Å². The summed E-state index contributed by atoms with van der Waals surface area (Å²) in [5.74, 6) is 1.46. The predicted octanol–water partition coefficient (Wildman–Crippen LogP) is 2.06. The SMILES string of the molecule is Cc1ccccc1OCC(=O)N1CC(Oc2cccnc2)C1. The van der Waals surface area contributed by atoms with Gasteiger partial charge in [0.25, 0.3) is 5.91 Å². The number of amides is 1. The molecule has 1 amide bonds. The van der Waals surface area contributed by atoms with Crippen LogP contribution in [0.1, 0.15) is 5.56 Å². The number of hydrogen-bond acceptors (Lipinski definition) is 4. The number of benzene rings is 1. The van der Waals surface area contributed by atoms with Gasteiger partial charge in [0.2, 0.25) is 0 Å². The zero-order chi connectivity index (χ0) is 15.4. The average molecular weight is 298 g/mol. The van der Waals surface area contributed by atoms with Crippen LogP contribution in [0.2, 0.25) is 0 Å². The summed E-state index contributed by atoms with van der Waals surface area (Å²) in [5.41, 5.74) is 1.02. The van der Waals surface area contributed by atoms with Crippen molar-refractivity contribution >= 4 is 5.91 Å². The first-order chi connectivity index (χ1) is 10.7. The van der Waals surface area contributed by atoms with Crippen molar-refractivity contribution in [1.29, 1.82) is 0 Å². The number of nitrogens with zero attached hydrogens (tertiary/aromatic N) is 2. The second kappa shape index (κ2) is 6.47. The van der Waals surface area contributed by atoms with E-state index in [1.54, 1.807) is 17.3 Å². The minimum Gasteiger partial charge on any atom is -0.485 e. The van der Waals surface area contributed by atoms with Crippen LogP contribution in [0, 0.1) is 6.92 Å². The Labute approximate surface area is 129 Å². The van der Waals surface area contributed by atoms with Crippen LogP contribution in [0.25, 0.3) is 0 Å². The number of rotatable bonds is 5. The van der Waals surface area contributed by atoms with Crippen molar-refractivity contribution in [2.24, 2.45) is 0 Å². The van der Waals surface area contributed by atoms with Crippen molar-refractivity contribution in [3.05, 3.63) is 54.4 Å². The quantitative estimate of drug-likeness (QED) is 0.848. The van der Waals surface area contributed by atoms with Crippen molar-refractivity contribution < 1.29 is 14.3 Å². The van der Waals surface area contributed by atoms with Gasteiger partial charge in [0, 0.05) is 6.20 Å². The fraction of sp³-hybridized carbons (Fsp3) is 0.294. The van der Waals surface area contributed by atoms with E-state index in [1.165, 1.54) is 0 Å². The number of para-hydroxylation sites is 1. The van der Waals surface area contributed by atoms with Crippen molar-refractivity contribution in [3.8, 4) is 11.5 Å². The van der Waals surface area contributed by atoms with Crippen LogP contribution < -0.4 is 9.47 Å². The summed E-state index contributed by atoms with van der Waals surface area (Å²) in [6, 6.07) is 11.4. The number of hydrogen-bond donors (Lipinski definition) is 0. The van der Waals surface area contributed by atoms with Crippen LogP contribution in [-0.4, -0.2) is 41.6 Å². The van der Waals surface area contributed by atoms with Crippen LogP contribution in [0.3, 0.4) is 0 Å². The molecule has 1 aliphatic rings. The molecule has 0 N–H and O–H groups in total. The van der Waals surface area contributed by atoms with Gasteiger partial charge in [-0.05, 0) is 30.7 Å². The molecule has 1 aromatic heterocycles. The first kappa shape index (κ1) is 14.4. The molecule has 3 rings (SSSR count). The van der Waals surface area contributed by atoms with Gasteiger partial charge in [-0.3, -0.25) is 9.78 Å². The third kappa shape index (κ3) is 3.36. The normalized spacial score (nSPS) is 14.3. The van der Waals surface area contributed by atoms with Gasteiger partial charge in [-0.1, -0.05) is 18.2 Å². The second-order valence-electron chi connectivity index (χ2n) is 5.28. The molecule has 1 aromatic carbocycles. The summed E-state index contributed by atoms with van der Waals surface area (Å²) in [5, 5.41) is 0. The highest BCUT2D eigenvalue weighted by atomic mass is 16.5. The van der Waals surface area contributed by atoms with Gasteiger partial charge >= 0.3 is 0 Å². The number of likely N-dealkylation sites (tertiary alicyclic amines) is 1. The molecule has 0 aliphatic carbocycles. The maximum atomic E-state index is 12.0. The zero-order valence-corrected chi connectivity index (χ0v) is 12.4. The fourth-order valence-corrected chi connectivity index (χ4v) is 2.27. The summed E-state index contributed by atoms with van der Waals surface area (Å²) < 4.78 is 11.3. The largest absolute Gasteiger partial charge is 0.485 e. The molecular weight excluding hydrogens is 280 g/mol. The van der Waals surface area contributed by atoms with E-state index < -0.39 is 0 Å². The van der Waals surface area contributed by atoms with Crippen LogP contribution in [0.5, 0.6) is 11.5 Å².